The van der Waals surface area contributed by atoms with Crippen molar-refractivity contribution in [1.82, 2.24) is 25.1 Å². The Morgan fingerprint density at radius 3 is 2.63 bits per heavy atom. The first-order valence-electron chi connectivity index (χ1n) is 9.37. The predicted molar refractivity (Wildman–Crippen MR) is 103 cm³/mol. The molecule has 1 fully saturated rings. The summed E-state index contributed by atoms with van der Waals surface area (Å²) in [4.78, 5) is 46.6. The molecule has 1 saturated heterocycles. The fraction of sp³-hybridized carbons (Fsp3) is 0.579. The van der Waals surface area contributed by atoms with Crippen LogP contribution in [0.25, 0.3) is 0 Å². The second-order valence-corrected chi connectivity index (χ2v) is 6.96. The minimum atomic E-state index is -0.356. The van der Waals surface area contributed by atoms with E-state index in [2.05, 4.69) is 26.3 Å². The number of carbonyl (C=O) groups excluding carboxylic acids is 2. The summed E-state index contributed by atoms with van der Waals surface area (Å²) < 4.78 is 0. The van der Waals surface area contributed by atoms with Crippen LogP contribution in [0.15, 0.2) is 28.8 Å². The smallest absolute Gasteiger partial charge is 0.271 e. The van der Waals surface area contributed by atoms with E-state index in [1.165, 1.54) is 11.8 Å². The number of carbonyl (C=O) groups is 2. The molecule has 2 N–H and O–H groups in total. The molecule has 2 atom stereocenters. The summed E-state index contributed by atoms with van der Waals surface area (Å²) in [6, 6.07) is -0.407. The quantitative estimate of drug-likeness (QED) is 0.686. The summed E-state index contributed by atoms with van der Waals surface area (Å²) in [5, 5.41) is 2.94. The van der Waals surface area contributed by atoms with Gasteiger partial charge in [0.25, 0.3) is 11.5 Å². The van der Waals surface area contributed by atoms with Gasteiger partial charge in [-0.1, -0.05) is 11.6 Å². The minimum absolute atomic E-state index is 0.0982. The van der Waals surface area contributed by atoms with Crippen LogP contribution >= 0.6 is 0 Å². The molecular formula is C19H29N5O3. The van der Waals surface area contributed by atoms with Crippen molar-refractivity contribution in [2.75, 3.05) is 26.2 Å². The highest BCUT2D eigenvalue weighted by Crippen LogP contribution is 2.21. The fourth-order valence-corrected chi connectivity index (χ4v) is 3.24. The zero-order valence-corrected chi connectivity index (χ0v) is 16.5. The Kier molecular flexibility index (Phi) is 7.29. The van der Waals surface area contributed by atoms with Crippen LogP contribution in [-0.4, -0.2) is 69.8 Å². The maximum atomic E-state index is 12.9. The molecular weight excluding hydrogens is 346 g/mol. The number of allylic oxidation sites excluding steroid dienone is 1. The van der Waals surface area contributed by atoms with E-state index in [0.717, 1.165) is 6.20 Å². The number of likely N-dealkylation sites (N-methyl/N-ethyl adjacent to an activating group) is 1. The van der Waals surface area contributed by atoms with E-state index in [4.69, 9.17) is 0 Å². The third kappa shape index (κ3) is 5.50. The van der Waals surface area contributed by atoms with E-state index < -0.39 is 0 Å². The molecule has 0 aliphatic carbocycles. The lowest BCUT2D eigenvalue weighted by Crippen LogP contribution is -2.45. The summed E-state index contributed by atoms with van der Waals surface area (Å²) >= 11 is 0. The molecule has 1 aromatic heterocycles. The first-order chi connectivity index (χ1) is 12.8. The summed E-state index contributed by atoms with van der Waals surface area (Å²) in [6.45, 7) is 10.6. The van der Waals surface area contributed by atoms with Crippen molar-refractivity contribution >= 4 is 11.8 Å². The molecule has 148 valence electrons. The molecule has 0 aromatic carbocycles. The second kappa shape index (κ2) is 9.45. The lowest BCUT2D eigenvalue weighted by molar-refractivity contribution is -0.135. The Bertz CT molecular complexity index is 729. The van der Waals surface area contributed by atoms with Crippen LogP contribution < -0.4 is 10.9 Å². The van der Waals surface area contributed by atoms with Gasteiger partial charge in [0.1, 0.15) is 5.69 Å². The summed E-state index contributed by atoms with van der Waals surface area (Å²) in [5.74, 6) is -0.254. The van der Waals surface area contributed by atoms with E-state index in [0.29, 0.717) is 32.6 Å². The monoisotopic (exact) mass is 375 g/mol. The number of rotatable bonds is 7. The van der Waals surface area contributed by atoms with Crippen LogP contribution in [0.3, 0.4) is 0 Å². The summed E-state index contributed by atoms with van der Waals surface area (Å²) in [5.41, 5.74) is 0.989. The first kappa shape index (κ1) is 20.8. The highest BCUT2D eigenvalue weighted by atomic mass is 16.2. The molecule has 0 spiro atoms. The number of amides is 2. The normalized spacial score (nSPS) is 19.6. The van der Waals surface area contributed by atoms with Gasteiger partial charge in [-0.2, -0.15) is 0 Å². The lowest BCUT2D eigenvalue weighted by atomic mass is 10.1. The third-order valence-electron chi connectivity index (χ3n) is 4.74. The molecule has 0 saturated carbocycles. The Hall–Kier alpha value is -2.48. The van der Waals surface area contributed by atoms with Crippen LogP contribution in [-0.2, 0) is 4.79 Å². The Balaban J connectivity index is 2.11. The maximum absolute atomic E-state index is 12.9. The van der Waals surface area contributed by atoms with Crippen LogP contribution in [0.1, 0.15) is 44.6 Å². The molecule has 1 aliphatic rings. The number of aromatic nitrogens is 2. The molecule has 1 aromatic rings. The fourth-order valence-electron chi connectivity index (χ4n) is 3.24. The van der Waals surface area contributed by atoms with Gasteiger partial charge in [0.2, 0.25) is 5.91 Å². The van der Waals surface area contributed by atoms with E-state index in [1.807, 2.05) is 32.6 Å². The average Bonchev–Trinajstić information content (AvgIpc) is 3.04. The van der Waals surface area contributed by atoms with Gasteiger partial charge < -0.3 is 15.2 Å². The van der Waals surface area contributed by atoms with Gasteiger partial charge in [0.15, 0.2) is 0 Å². The van der Waals surface area contributed by atoms with E-state index in [1.54, 1.807) is 0 Å². The molecule has 8 heteroatoms. The third-order valence-corrected chi connectivity index (χ3v) is 4.74. The van der Waals surface area contributed by atoms with Crippen LogP contribution in [0.5, 0.6) is 0 Å². The summed E-state index contributed by atoms with van der Waals surface area (Å²) in [7, 11) is 0. The first-order valence-corrected chi connectivity index (χ1v) is 9.37. The van der Waals surface area contributed by atoms with Gasteiger partial charge in [0, 0.05) is 38.4 Å². The number of nitrogens with zero attached hydrogens (tertiary/aromatic N) is 3. The lowest BCUT2D eigenvalue weighted by Gasteiger charge is -2.28. The minimum Gasteiger partial charge on any atom is -0.347 e. The Labute approximate surface area is 159 Å². The van der Waals surface area contributed by atoms with Crippen LogP contribution in [0.2, 0.25) is 0 Å². The highest BCUT2D eigenvalue weighted by Gasteiger charge is 2.38. The summed E-state index contributed by atoms with van der Waals surface area (Å²) in [6.07, 6.45) is 5.03. The molecule has 0 radical (unpaired) electrons. The van der Waals surface area contributed by atoms with Crippen LogP contribution in [0.4, 0.5) is 0 Å². The largest absolute Gasteiger partial charge is 0.347 e. The van der Waals surface area contributed by atoms with Crippen molar-refractivity contribution < 1.29 is 9.59 Å². The number of hydrogen-bond donors (Lipinski definition) is 2. The van der Waals surface area contributed by atoms with Crippen molar-refractivity contribution in [3.63, 3.8) is 0 Å². The molecule has 27 heavy (non-hydrogen) atoms. The van der Waals surface area contributed by atoms with Crippen molar-refractivity contribution in [2.45, 2.75) is 46.2 Å². The second-order valence-electron chi connectivity index (χ2n) is 6.96. The number of likely N-dealkylation sites (tertiary alicyclic amines) is 1. The molecule has 0 unspecified atom stereocenters. The van der Waals surface area contributed by atoms with E-state index in [9.17, 15) is 14.4 Å². The van der Waals surface area contributed by atoms with Gasteiger partial charge in [-0.25, -0.2) is 4.98 Å². The zero-order valence-electron chi connectivity index (χ0n) is 16.5. The highest BCUT2D eigenvalue weighted by molar-refractivity contribution is 5.92. The molecule has 2 amide bonds. The van der Waals surface area contributed by atoms with Gasteiger partial charge >= 0.3 is 0 Å². The molecule has 2 rings (SSSR count). The maximum Gasteiger partial charge on any atom is 0.271 e. The van der Waals surface area contributed by atoms with E-state index >= 15 is 0 Å². The van der Waals surface area contributed by atoms with E-state index in [-0.39, 0.29) is 35.2 Å². The predicted octanol–water partition coefficient (Wildman–Crippen LogP) is 0.777. The number of nitrogens with one attached hydrogen (secondary N) is 2. The van der Waals surface area contributed by atoms with Crippen molar-refractivity contribution in [1.29, 1.82) is 0 Å². The zero-order chi connectivity index (χ0) is 20.0. The SMILES string of the molecule is CCN(CC)C(=O)[C@@H]1C[C@@H](NC(=O)c2c[nH]c(=O)cn2)CN1CC=C(C)C. The van der Waals surface area contributed by atoms with Crippen molar-refractivity contribution in [2.24, 2.45) is 0 Å². The van der Waals surface area contributed by atoms with Gasteiger partial charge in [0.05, 0.1) is 12.2 Å². The molecule has 1 aliphatic heterocycles. The number of hydrogen-bond acceptors (Lipinski definition) is 5. The number of aromatic amines is 1. The molecule has 0 bridgehead atoms. The van der Waals surface area contributed by atoms with Crippen molar-refractivity contribution in [3.8, 4) is 0 Å². The Morgan fingerprint density at radius 2 is 2.07 bits per heavy atom. The van der Waals surface area contributed by atoms with Crippen LogP contribution in [0, 0.1) is 0 Å². The molecule has 8 nitrogen and oxygen atoms in total. The number of H-pyrrole nitrogens is 1. The van der Waals surface area contributed by atoms with Gasteiger partial charge in [-0.15, -0.1) is 0 Å². The topological polar surface area (TPSA) is 98.4 Å². The van der Waals surface area contributed by atoms with Crippen molar-refractivity contribution in [3.05, 3.63) is 40.1 Å². The van der Waals surface area contributed by atoms with Gasteiger partial charge in [-0.3, -0.25) is 19.3 Å². The standard InChI is InChI=1S/C19H29N5O3/c1-5-23(6-2)19(27)16-9-14(12-24(16)8-7-13(3)4)22-18(26)15-10-21-17(25)11-20-15/h7,10-11,14,16H,5-6,8-9,12H2,1-4H3,(H,21,25)(H,22,26)/t14-,16+/m1/s1. The molecule has 2 heterocycles. The Morgan fingerprint density at radius 1 is 1.37 bits per heavy atom. The average molecular weight is 375 g/mol. The van der Waals surface area contributed by atoms with Gasteiger partial charge in [-0.05, 0) is 34.1 Å².